The summed E-state index contributed by atoms with van der Waals surface area (Å²) in [5.41, 5.74) is 6.93. The normalized spacial score (nSPS) is 17.1. The smallest absolute Gasteiger partial charge is 0.252 e. The fourth-order valence-corrected chi connectivity index (χ4v) is 3.74. The highest BCUT2D eigenvalue weighted by molar-refractivity contribution is 6.36. The zero-order valence-corrected chi connectivity index (χ0v) is 13.7. The summed E-state index contributed by atoms with van der Waals surface area (Å²) in [4.78, 5) is 12.4. The van der Waals surface area contributed by atoms with Crippen molar-refractivity contribution in [2.45, 2.75) is 46.0 Å². The Labute approximate surface area is 132 Å². The molecule has 1 aliphatic carbocycles. The first kappa shape index (κ1) is 16.2. The Morgan fingerprint density at radius 1 is 1.38 bits per heavy atom. The van der Waals surface area contributed by atoms with Crippen LogP contribution in [0.2, 0.25) is 5.02 Å². The Morgan fingerprint density at radius 3 is 2.67 bits per heavy atom. The van der Waals surface area contributed by atoms with Gasteiger partial charge < -0.3 is 11.1 Å². The minimum Gasteiger partial charge on any atom is -0.398 e. The lowest BCUT2D eigenvalue weighted by Crippen LogP contribution is -2.37. The third-order valence-electron chi connectivity index (χ3n) is 4.40. The summed E-state index contributed by atoms with van der Waals surface area (Å²) in [6.07, 6.45) is 6.10. The van der Waals surface area contributed by atoms with Crippen molar-refractivity contribution in [2.24, 2.45) is 11.3 Å². The van der Waals surface area contributed by atoms with E-state index in [2.05, 4.69) is 19.2 Å². The molecule has 1 aromatic rings. The van der Waals surface area contributed by atoms with E-state index in [1.165, 1.54) is 25.7 Å². The van der Waals surface area contributed by atoms with E-state index in [-0.39, 0.29) is 11.3 Å². The lowest BCUT2D eigenvalue weighted by molar-refractivity contribution is 0.0922. The number of carbonyl (C=O) groups is 1. The molecule has 3 nitrogen and oxygen atoms in total. The quantitative estimate of drug-likeness (QED) is 0.799. The van der Waals surface area contributed by atoms with Crippen LogP contribution in [-0.2, 0) is 0 Å². The second-order valence-electron chi connectivity index (χ2n) is 6.70. The number of nitrogens with two attached hydrogens (primary N) is 1. The van der Waals surface area contributed by atoms with Crippen molar-refractivity contribution in [3.63, 3.8) is 0 Å². The number of nitrogens with one attached hydrogen (secondary N) is 1. The Kier molecular flexibility index (Phi) is 5.15. The third kappa shape index (κ3) is 3.91. The van der Waals surface area contributed by atoms with Gasteiger partial charge in [0.1, 0.15) is 0 Å². The fourth-order valence-electron chi connectivity index (χ4n) is 3.53. The van der Waals surface area contributed by atoms with Crippen molar-refractivity contribution in [1.29, 1.82) is 0 Å². The van der Waals surface area contributed by atoms with Crippen LogP contribution in [-0.4, -0.2) is 12.5 Å². The van der Waals surface area contributed by atoms with Gasteiger partial charge in [0.05, 0.1) is 16.3 Å². The summed E-state index contributed by atoms with van der Waals surface area (Å²) in [6.45, 7) is 5.22. The maximum Gasteiger partial charge on any atom is 0.252 e. The van der Waals surface area contributed by atoms with Crippen molar-refractivity contribution < 1.29 is 4.79 Å². The number of anilines is 1. The van der Waals surface area contributed by atoms with Gasteiger partial charge in [-0.2, -0.15) is 0 Å². The number of amides is 1. The molecular weight excluding hydrogens is 284 g/mol. The highest BCUT2D eigenvalue weighted by Gasteiger charge is 2.34. The van der Waals surface area contributed by atoms with Gasteiger partial charge in [-0.3, -0.25) is 4.79 Å². The number of rotatable bonds is 5. The summed E-state index contributed by atoms with van der Waals surface area (Å²) < 4.78 is 0. The van der Waals surface area contributed by atoms with Crippen molar-refractivity contribution in [3.8, 4) is 0 Å². The summed E-state index contributed by atoms with van der Waals surface area (Å²) in [5, 5.41) is 3.42. The molecule has 0 unspecified atom stereocenters. The fraction of sp³-hybridized carbons (Fsp3) is 0.588. The molecular formula is C17H25ClN2O. The van der Waals surface area contributed by atoms with E-state index in [1.807, 2.05) is 0 Å². The Bertz CT molecular complexity index is 508. The molecule has 2 rings (SSSR count). The van der Waals surface area contributed by atoms with Gasteiger partial charge in [0.25, 0.3) is 5.91 Å². The van der Waals surface area contributed by atoms with Gasteiger partial charge in [0.15, 0.2) is 0 Å². The Hall–Kier alpha value is -1.22. The molecule has 1 amide bonds. The van der Waals surface area contributed by atoms with Gasteiger partial charge in [-0.15, -0.1) is 0 Å². The van der Waals surface area contributed by atoms with Crippen LogP contribution in [0.3, 0.4) is 0 Å². The molecule has 0 saturated heterocycles. The van der Waals surface area contributed by atoms with Crippen LogP contribution in [0.25, 0.3) is 0 Å². The van der Waals surface area contributed by atoms with Gasteiger partial charge in [0, 0.05) is 6.54 Å². The molecule has 0 bridgehead atoms. The van der Waals surface area contributed by atoms with E-state index >= 15 is 0 Å². The van der Waals surface area contributed by atoms with E-state index < -0.39 is 0 Å². The van der Waals surface area contributed by atoms with Gasteiger partial charge in [-0.1, -0.05) is 44.4 Å². The van der Waals surface area contributed by atoms with E-state index in [9.17, 15) is 4.79 Å². The minimum absolute atomic E-state index is 0.123. The topological polar surface area (TPSA) is 55.1 Å². The van der Waals surface area contributed by atoms with E-state index in [4.69, 9.17) is 17.3 Å². The first-order valence-corrected chi connectivity index (χ1v) is 8.13. The lowest BCUT2D eigenvalue weighted by atomic mass is 9.78. The number of nitrogen functional groups attached to an aromatic ring is 1. The second kappa shape index (κ2) is 6.69. The first-order valence-electron chi connectivity index (χ1n) is 7.76. The summed E-state index contributed by atoms with van der Waals surface area (Å²) in [5.74, 6) is 0.526. The SMILES string of the molecule is CC(C)CC1(CNC(=O)c2cccc(N)c2Cl)CCCC1. The van der Waals surface area contributed by atoms with E-state index in [0.717, 1.165) is 13.0 Å². The highest BCUT2D eigenvalue weighted by atomic mass is 35.5. The predicted octanol–water partition coefficient (Wildman–Crippen LogP) is 4.26. The molecule has 0 aromatic heterocycles. The monoisotopic (exact) mass is 308 g/mol. The van der Waals surface area contributed by atoms with Crippen LogP contribution in [0.1, 0.15) is 56.3 Å². The van der Waals surface area contributed by atoms with Gasteiger partial charge in [0.2, 0.25) is 0 Å². The van der Waals surface area contributed by atoms with Crippen LogP contribution in [0.5, 0.6) is 0 Å². The molecule has 4 heteroatoms. The van der Waals surface area contributed by atoms with Crippen molar-refractivity contribution >= 4 is 23.2 Å². The van der Waals surface area contributed by atoms with Crippen molar-refractivity contribution in [1.82, 2.24) is 5.32 Å². The number of halogens is 1. The zero-order valence-electron chi connectivity index (χ0n) is 12.9. The molecule has 1 aromatic carbocycles. The molecule has 1 aliphatic rings. The lowest BCUT2D eigenvalue weighted by Gasteiger charge is -2.31. The van der Waals surface area contributed by atoms with E-state index in [0.29, 0.717) is 22.2 Å². The van der Waals surface area contributed by atoms with Crippen molar-refractivity contribution in [2.75, 3.05) is 12.3 Å². The number of carbonyl (C=O) groups excluding carboxylic acids is 1. The van der Waals surface area contributed by atoms with E-state index in [1.54, 1.807) is 18.2 Å². The number of hydrogen-bond acceptors (Lipinski definition) is 2. The maximum atomic E-state index is 12.4. The molecule has 0 heterocycles. The molecule has 0 atom stereocenters. The summed E-state index contributed by atoms with van der Waals surface area (Å²) in [7, 11) is 0. The molecule has 1 saturated carbocycles. The summed E-state index contributed by atoms with van der Waals surface area (Å²) in [6, 6.07) is 5.18. The Morgan fingerprint density at radius 2 is 2.05 bits per heavy atom. The largest absolute Gasteiger partial charge is 0.398 e. The average molecular weight is 309 g/mol. The Balaban J connectivity index is 2.04. The second-order valence-corrected chi connectivity index (χ2v) is 7.07. The molecule has 3 N–H and O–H groups in total. The molecule has 0 spiro atoms. The first-order chi connectivity index (χ1) is 9.93. The molecule has 116 valence electrons. The standard InChI is InChI=1S/C17H25ClN2O/c1-12(2)10-17(8-3-4-9-17)11-20-16(21)13-6-5-7-14(19)15(13)18/h5-7,12H,3-4,8-11,19H2,1-2H3,(H,20,21). The van der Waals surface area contributed by atoms with Gasteiger partial charge in [-0.25, -0.2) is 0 Å². The molecule has 0 aliphatic heterocycles. The van der Waals surface area contributed by atoms with Crippen molar-refractivity contribution in [3.05, 3.63) is 28.8 Å². The van der Waals surface area contributed by atoms with Crippen LogP contribution >= 0.6 is 11.6 Å². The van der Waals surface area contributed by atoms with Gasteiger partial charge in [-0.05, 0) is 42.7 Å². The predicted molar refractivity (Wildman–Crippen MR) is 88.6 cm³/mol. The molecule has 0 radical (unpaired) electrons. The third-order valence-corrected chi connectivity index (χ3v) is 4.82. The van der Waals surface area contributed by atoms with Crippen LogP contribution in [0.4, 0.5) is 5.69 Å². The number of hydrogen-bond donors (Lipinski definition) is 2. The molecule has 21 heavy (non-hydrogen) atoms. The summed E-state index contributed by atoms with van der Waals surface area (Å²) >= 11 is 6.12. The maximum absolute atomic E-state index is 12.4. The van der Waals surface area contributed by atoms with Crippen LogP contribution in [0, 0.1) is 11.3 Å². The minimum atomic E-state index is -0.123. The van der Waals surface area contributed by atoms with Crippen LogP contribution in [0.15, 0.2) is 18.2 Å². The highest BCUT2D eigenvalue weighted by Crippen LogP contribution is 2.42. The van der Waals surface area contributed by atoms with Crippen LogP contribution < -0.4 is 11.1 Å². The van der Waals surface area contributed by atoms with Gasteiger partial charge >= 0.3 is 0 Å². The molecule has 1 fully saturated rings. The average Bonchev–Trinajstić information content (AvgIpc) is 2.87. The zero-order chi connectivity index (χ0) is 15.5. The number of benzene rings is 1.